The summed E-state index contributed by atoms with van der Waals surface area (Å²) < 4.78 is 10.7. The lowest BCUT2D eigenvalue weighted by atomic mass is 9.93. The first-order chi connectivity index (χ1) is 14.3. The van der Waals surface area contributed by atoms with Crippen molar-refractivity contribution in [3.05, 3.63) is 23.5 Å². The van der Waals surface area contributed by atoms with Crippen LogP contribution in [0.1, 0.15) is 67.7 Å². The molecule has 1 aliphatic heterocycles. The molecule has 0 aromatic heterocycles. The van der Waals surface area contributed by atoms with Gasteiger partial charge in [0.05, 0.1) is 0 Å². The van der Waals surface area contributed by atoms with Crippen molar-refractivity contribution in [2.75, 3.05) is 6.54 Å². The summed E-state index contributed by atoms with van der Waals surface area (Å²) >= 11 is 0. The maximum absolute atomic E-state index is 12.6. The van der Waals surface area contributed by atoms with Crippen molar-refractivity contribution in [2.24, 2.45) is 5.92 Å². The van der Waals surface area contributed by atoms with Gasteiger partial charge in [0.1, 0.15) is 29.8 Å². The Labute approximate surface area is 185 Å². The number of unbranched alkanes of at least 4 members (excludes halogenated alkanes) is 1. The molecule has 0 spiro atoms. The van der Waals surface area contributed by atoms with Crippen molar-refractivity contribution in [1.29, 1.82) is 0 Å². The molecule has 174 valence electrons. The van der Waals surface area contributed by atoms with E-state index in [4.69, 9.17) is 9.47 Å². The SMILES string of the molecule is CC1C(C=O)=CN(CCCC[C@H](NC(=O)OC(C)(C)C)C(=O)OC(C)(C)C)C=C1C=O. The summed E-state index contributed by atoms with van der Waals surface area (Å²) in [6.45, 7) is 12.9. The van der Waals surface area contributed by atoms with Gasteiger partial charge in [0.2, 0.25) is 0 Å². The molecular formula is C23H36N2O6. The Kier molecular flexibility index (Phi) is 9.46. The second-order valence-corrected chi connectivity index (χ2v) is 9.68. The minimum absolute atomic E-state index is 0.221. The van der Waals surface area contributed by atoms with E-state index >= 15 is 0 Å². The van der Waals surface area contributed by atoms with Crippen LogP contribution in [-0.4, -0.2) is 53.3 Å². The first kappa shape index (κ1) is 26.4. The average Bonchev–Trinajstić information content (AvgIpc) is 2.62. The monoisotopic (exact) mass is 436 g/mol. The molecule has 0 aromatic carbocycles. The first-order valence-electron chi connectivity index (χ1n) is 10.6. The Morgan fingerprint density at radius 3 is 1.97 bits per heavy atom. The van der Waals surface area contributed by atoms with Gasteiger partial charge >= 0.3 is 12.1 Å². The van der Waals surface area contributed by atoms with Crippen LogP contribution in [-0.2, 0) is 23.9 Å². The smallest absolute Gasteiger partial charge is 0.408 e. The van der Waals surface area contributed by atoms with Crippen molar-refractivity contribution in [2.45, 2.75) is 85.0 Å². The molecule has 0 radical (unpaired) electrons. The van der Waals surface area contributed by atoms with Crippen LogP contribution in [0, 0.1) is 5.92 Å². The maximum atomic E-state index is 12.6. The molecule has 0 aliphatic carbocycles. The van der Waals surface area contributed by atoms with E-state index in [-0.39, 0.29) is 5.92 Å². The fraction of sp³-hybridized carbons (Fsp3) is 0.652. The zero-order valence-corrected chi connectivity index (χ0v) is 19.7. The predicted molar refractivity (Wildman–Crippen MR) is 117 cm³/mol. The van der Waals surface area contributed by atoms with Crippen molar-refractivity contribution in [3.63, 3.8) is 0 Å². The fourth-order valence-electron chi connectivity index (χ4n) is 2.94. The van der Waals surface area contributed by atoms with Crippen LogP contribution in [0.3, 0.4) is 0 Å². The third-order valence-corrected chi connectivity index (χ3v) is 4.44. The van der Waals surface area contributed by atoms with Gasteiger partial charge in [0.25, 0.3) is 0 Å². The van der Waals surface area contributed by atoms with Crippen molar-refractivity contribution < 1.29 is 28.7 Å². The van der Waals surface area contributed by atoms with Gasteiger partial charge < -0.3 is 19.7 Å². The molecule has 0 fully saturated rings. The number of hydrogen-bond acceptors (Lipinski definition) is 7. The highest BCUT2D eigenvalue weighted by atomic mass is 16.6. The molecule has 8 heteroatoms. The van der Waals surface area contributed by atoms with E-state index < -0.39 is 29.3 Å². The largest absolute Gasteiger partial charge is 0.458 e. The summed E-state index contributed by atoms with van der Waals surface area (Å²) in [4.78, 5) is 49.0. The highest BCUT2D eigenvalue weighted by molar-refractivity contribution is 5.83. The zero-order valence-electron chi connectivity index (χ0n) is 19.7. The Morgan fingerprint density at radius 1 is 1.00 bits per heavy atom. The van der Waals surface area contributed by atoms with E-state index in [0.29, 0.717) is 37.0 Å². The quantitative estimate of drug-likeness (QED) is 0.335. The molecule has 31 heavy (non-hydrogen) atoms. The lowest BCUT2D eigenvalue weighted by Gasteiger charge is -2.27. The Morgan fingerprint density at radius 2 is 1.52 bits per heavy atom. The summed E-state index contributed by atoms with van der Waals surface area (Å²) in [6.07, 6.45) is 5.96. The van der Waals surface area contributed by atoms with Crippen LogP contribution in [0.2, 0.25) is 0 Å². The molecule has 0 saturated heterocycles. The van der Waals surface area contributed by atoms with Gasteiger partial charge in [-0.2, -0.15) is 0 Å². The minimum atomic E-state index is -0.836. The lowest BCUT2D eigenvalue weighted by Crippen LogP contribution is -2.46. The number of allylic oxidation sites excluding steroid dienone is 2. The van der Waals surface area contributed by atoms with Crippen LogP contribution >= 0.6 is 0 Å². The molecule has 1 rings (SSSR count). The van der Waals surface area contributed by atoms with Gasteiger partial charge in [-0.15, -0.1) is 0 Å². The molecule has 0 bridgehead atoms. The second-order valence-electron chi connectivity index (χ2n) is 9.68. The normalized spacial score (nSPS) is 16.0. The molecular weight excluding hydrogens is 400 g/mol. The molecule has 1 aliphatic rings. The molecule has 1 atom stereocenters. The summed E-state index contributed by atoms with van der Waals surface area (Å²) in [6, 6.07) is -0.836. The molecule has 1 heterocycles. The van der Waals surface area contributed by atoms with Gasteiger partial charge in [0.15, 0.2) is 0 Å². The number of nitrogens with zero attached hydrogens (tertiary/aromatic N) is 1. The topological polar surface area (TPSA) is 102 Å². The van der Waals surface area contributed by atoms with Crippen LogP contribution in [0.5, 0.6) is 0 Å². The van der Waals surface area contributed by atoms with Gasteiger partial charge in [-0.25, -0.2) is 9.59 Å². The number of ether oxygens (including phenoxy) is 2. The number of amides is 1. The van der Waals surface area contributed by atoms with Gasteiger partial charge in [-0.1, -0.05) is 6.92 Å². The van der Waals surface area contributed by atoms with Crippen LogP contribution in [0.4, 0.5) is 4.79 Å². The van der Waals surface area contributed by atoms with E-state index in [9.17, 15) is 19.2 Å². The Balaban J connectivity index is 2.71. The fourth-order valence-corrected chi connectivity index (χ4v) is 2.94. The molecule has 0 aromatic rings. The minimum Gasteiger partial charge on any atom is -0.458 e. The number of nitrogens with one attached hydrogen (secondary N) is 1. The third kappa shape index (κ3) is 9.81. The summed E-state index contributed by atoms with van der Waals surface area (Å²) in [7, 11) is 0. The number of hydrogen-bond donors (Lipinski definition) is 1. The van der Waals surface area contributed by atoms with Gasteiger partial charge in [-0.3, -0.25) is 9.59 Å². The third-order valence-electron chi connectivity index (χ3n) is 4.44. The molecule has 1 amide bonds. The number of carbonyl (C=O) groups is 4. The van der Waals surface area contributed by atoms with Crippen LogP contribution in [0.25, 0.3) is 0 Å². The number of esters is 1. The summed E-state index contributed by atoms with van der Waals surface area (Å²) in [5.74, 6) is -0.739. The number of rotatable bonds is 9. The number of aldehydes is 2. The van der Waals surface area contributed by atoms with E-state index in [2.05, 4.69) is 5.32 Å². The summed E-state index contributed by atoms with van der Waals surface area (Å²) in [5.41, 5.74) is -0.272. The van der Waals surface area contributed by atoms with Crippen molar-refractivity contribution in [1.82, 2.24) is 10.2 Å². The molecule has 0 unspecified atom stereocenters. The number of alkyl carbamates (subject to hydrolysis) is 1. The molecule has 1 N–H and O–H groups in total. The van der Waals surface area contributed by atoms with Crippen molar-refractivity contribution >= 4 is 24.6 Å². The van der Waals surface area contributed by atoms with Crippen LogP contribution < -0.4 is 5.32 Å². The number of carbonyl (C=O) groups excluding carboxylic acids is 4. The van der Waals surface area contributed by atoms with Crippen LogP contribution in [0.15, 0.2) is 23.5 Å². The first-order valence-corrected chi connectivity index (χ1v) is 10.6. The second kappa shape index (κ2) is 11.1. The van der Waals surface area contributed by atoms with Gasteiger partial charge in [0, 0.05) is 36.0 Å². The Bertz CT molecular complexity index is 701. The maximum Gasteiger partial charge on any atom is 0.408 e. The van der Waals surface area contributed by atoms with E-state index in [1.54, 1.807) is 58.8 Å². The highest BCUT2D eigenvalue weighted by Crippen LogP contribution is 2.23. The summed E-state index contributed by atoms with van der Waals surface area (Å²) in [5, 5.41) is 2.61. The standard InChI is InChI=1S/C23H36N2O6/c1-16-17(14-26)12-25(13-18(16)15-27)11-9-8-10-19(20(28)30-22(2,3)4)24-21(29)31-23(5,6)7/h12-16,19H,8-11H2,1-7H3,(H,24,29)/t19-/m0/s1. The van der Waals surface area contributed by atoms with E-state index in [1.165, 1.54) is 0 Å². The molecule has 0 saturated carbocycles. The highest BCUT2D eigenvalue weighted by Gasteiger charge is 2.28. The predicted octanol–water partition coefficient (Wildman–Crippen LogP) is 3.51. The molecule has 8 nitrogen and oxygen atoms in total. The van der Waals surface area contributed by atoms with E-state index in [1.807, 2.05) is 6.92 Å². The van der Waals surface area contributed by atoms with E-state index in [0.717, 1.165) is 12.6 Å². The average molecular weight is 437 g/mol. The lowest BCUT2D eigenvalue weighted by molar-refractivity contribution is -0.157. The van der Waals surface area contributed by atoms with Gasteiger partial charge in [-0.05, 0) is 60.8 Å². The Hall–Kier alpha value is -2.64. The zero-order chi connectivity index (χ0) is 23.8. The van der Waals surface area contributed by atoms with Crippen molar-refractivity contribution in [3.8, 4) is 0 Å².